The molecule has 4 rings (SSSR count). The second-order valence-corrected chi connectivity index (χ2v) is 6.83. The number of benzene rings is 3. The largest absolute Gasteiger partial charge is 0.356 e. The van der Waals surface area contributed by atoms with Gasteiger partial charge in [-0.2, -0.15) is 0 Å². The van der Waals surface area contributed by atoms with Gasteiger partial charge in [-0.15, -0.1) is 0 Å². The number of rotatable bonds is 4. The Balaban J connectivity index is 1.70. The summed E-state index contributed by atoms with van der Waals surface area (Å²) in [6.07, 6.45) is 2.34. The molecule has 0 aromatic heterocycles. The fourth-order valence-electron chi connectivity index (χ4n) is 3.43. The molecule has 0 unspecified atom stereocenters. The normalized spacial score (nSPS) is 14.1. The number of nitrogens with one attached hydrogen (secondary N) is 1. The third-order valence-electron chi connectivity index (χ3n) is 4.84. The monoisotopic (exact) mass is 369 g/mol. The summed E-state index contributed by atoms with van der Waals surface area (Å²) in [5.74, 6) is 0.775. The van der Waals surface area contributed by atoms with Crippen LogP contribution in [0.3, 0.4) is 0 Å². The van der Waals surface area contributed by atoms with Gasteiger partial charge < -0.3 is 10.2 Å². The highest BCUT2D eigenvalue weighted by Crippen LogP contribution is 2.24. The average Bonchev–Trinajstić information content (AvgIpc) is 3.28. The summed E-state index contributed by atoms with van der Waals surface area (Å²) in [6, 6.07) is 27.2. The Morgan fingerprint density at radius 2 is 1.39 bits per heavy atom. The van der Waals surface area contributed by atoms with Crippen LogP contribution in [0.15, 0.2) is 89.9 Å². The molecular weight excluding hydrogens is 346 g/mol. The molecule has 0 atom stereocenters. The molecule has 0 aliphatic carbocycles. The van der Waals surface area contributed by atoms with E-state index in [1.54, 1.807) is 0 Å². The number of hydrogen-bond donors (Lipinski definition) is 1. The number of nitrogens with zero attached hydrogens (tertiary/aromatic N) is 2. The van der Waals surface area contributed by atoms with Crippen molar-refractivity contribution in [2.45, 2.75) is 12.8 Å². The quantitative estimate of drug-likeness (QED) is 0.513. The van der Waals surface area contributed by atoms with Crippen LogP contribution in [0, 0.1) is 0 Å². The SMILES string of the molecule is O=C(Nc1ccccc1)c1ccccc1N=C(c1ccccc1)N1CCCC1. The Kier molecular flexibility index (Phi) is 5.48. The van der Waals surface area contributed by atoms with E-state index in [9.17, 15) is 4.79 Å². The van der Waals surface area contributed by atoms with Crippen LogP contribution in [0.1, 0.15) is 28.8 Å². The second-order valence-electron chi connectivity index (χ2n) is 6.83. The number of anilines is 1. The smallest absolute Gasteiger partial charge is 0.257 e. The van der Waals surface area contributed by atoms with E-state index in [2.05, 4.69) is 22.3 Å². The molecule has 4 nitrogen and oxygen atoms in total. The van der Waals surface area contributed by atoms with E-state index < -0.39 is 0 Å². The van der Waals surface area contributed by atoms with Gasteiger partial charge in [-0.3, -0.25) is 4.79 Å². The fraction of sp³-hybridized carbons (Fsp3) is 0.167. The van der Waals surface area contributed by atoms with Gasteiger partial charge in [0.1, 0.15) is 5.84 Å². The van der Waals surface area contributed by atoms with Crippen molar-refractivity contribution in [2.24, 2.45) is 4.99 Å². The molecule has 0 spiro atoms. The first-order chi connectivity index (χ1) is 13.8. The zero-order chi connectivity index (χ0) is 19.2. The van der Waals surface area contributed by atoms with Gasteiger partial charge in [0.25, 0.3) is 5.91 Å². The van der Waals surface area contributed by atoms with Gasteiger partial charge in [-0.1, -0.05) is 60.7 Å². The molecule has 1 amide bonds. The Morgan fingerprint density at radius 1 is 0.786 bits per heavy atom. The minimum Gasteiger partial charge on any atom is -0.356 e. The number of aliphatic imine (C=N–C) groups is 1. The van der Waals surface area contributed by atoms with E-state index in [0.717, 1.165) is 30.2 Å². The van der Waals surface area contributed by atoms with E-state index >= 15 is 0 Å². The van der Waals surface area contributed by atoms with Gasteiger partial charge in [0, 0.05) is 24.3 Å². The Morgan fingerprint density at radius 3 is 2.11 bits per heavy atom. The van der Waals surface area contributed by atoms with Gasteiger partial charge in [0.15, 0.2) is 0 Å². The number of amides is 1. The predicted molar refractivity (Wildman–Crippen MR) is 114 cm³/mol. The van der Waals surface area contributed by atoms with Gasteiger partial charge in [-0.25, -0.2) is 4.99 Å². The van der Waals surface area contributed by atoms with Crippen molar-refractivity contribution in [1.29, 1.82) is 0 Å². The summed E-state index contributed by atoms with van der Waals surface area (Å²) in [4.78, 5) is 20.1. The van der Waals surface area contributed by atoms with E-state index in [0.29, 0.717) is 11.3 Å². The maximum absolute atomic E-state index is 12.9. The molecule has 1 heterocycles. The van der Waals surface area contributed by atoms with Crippen LogP contribution < -0.4 is 5.32 Å². The van der Waals surface area contributed by atoms with Crippen molar-refractivity contribution in [1.82, 2.24) is 4.90 Å². The topological polar surface area (TPSA) is 44.7 Å². The Bertz CT molecular complexity index is 961. The maximum Gasteiger partial charge on any atom is 0.257 e. The van der Waals surface area contributed by atoms with Gasteiger partial charge in [-0.05, 0) is 37.1 Å². The van der Waals surface area contributed by atoms with E-state index in [4.69, 9.17) is 4.99 Å². The molecule has 0 bridgehead atoms. The number of amidine groups is 1. The molecule has 1 fully saturated rings. The summed E-state index contributed by atoms with van der Waals surface area (Å²) in [7, 11) is 0. The first-order valence-corrected chi connectivity index (χ1v) is 9.66. The van der Waals surface area contributed by atoms with Crippen LogP contribution in [0.2, 0.25) is 0 Å². The lowest BCUT2D eigenvalue weighted by molar-refractivity contribution is 0.102. The van der Waals surface area contributed by atoms with Crippen molar-refractivity contribution < 1.29 is 4.79 Å². The summed E-state index contributed by atoms with van der Waals surface area (Å²) in [5, 5.41) is 2.96. The summed E-state index contributed by atoms with van der Waals surface area (Å²) in [6.45, 7) is 1.98. The molecule has 0 radical (unpaired) electrons. The van der Waals surface area contributed by atoms with Crippen LogP contribution in [-0.2, 0) is 0 Å². The summed E-state index contributed by atoms with van der Waals surface area (Å²) >= 11 is 0. The zero-order valence-corrected chi connectivity index (χ0v) is 15.7. The van der Waals surface area contributed by atoms with Gasteiger partial charge in [0.2, 0.25) is 0 Å². The minimum absolute atomic E-state index is 0.153. The van der Waals surface area contributed by atoms with Crippen molar-refractivity contribution in [3.63, 3.8) is 0 Å². The van der Waals surface area contributed by atoms with Crippen molar-refractivity contribution in [3.8, 4) is 0 Å². The van der Waals surface area contributed by atoms with E-state index in [1.165, 1.54) is 12.8 Å². The summed E-state index contributed by atoms with van der Waals surface area (Å²) in [5.41, 5.74) is 3.09. The Labute approximate surface area is 165 Å². The first-order valence-electron chi connectivity index (χ1n) is 9.66. The first kappa shape index (κ1) is 18.0. The molecule has 1 aliphatic rings. The molecule has 3 aromatic carbocycles. The Hall–Kier alpha value is -3.40. The third kappa shape index (κ3) is 4.12. The maximum atomic E-state index is 12.9. The molecule has 4 heteroatoms. The van der Waals surface area contributed by atoms with Crippen LogP contribution in [0.25, 0.3) is 0 Å². The molecule has 28 heavy (non-hydrogen) atoms. The predicted octanol–water partition coefficient (Wildman–Crippen LogP) is 5.11. The highest BCUT2D eigenvalue weighted by molar-refractivity contribution is 6.09. The highest BCUT2D eigenvalue weighted by Gasteiger charge is 2.19. The lowest BCUT2D eigenvalue weighted by Crippen LogP contribution is -2.28. The van der Waals surface area contributed by atoms with Crippen molar-refractivity contribution in [3.05, 3.63) is 96.1 Å². The van der Waals surface area contributed by atoms with Crippen LogP contribution in [0.4, 0.5) is 11.4 Å². The number of carbonyl (C=O) groups excluding carboxylic acids is 1. The van der Waals surface area contributed by atoms with Gasteiger partial charge >= 0.3 is 0 Å². The van der Waals surface area contributed by atoms with Gasteiger partial charge in [0.05, 0.1) is 11.3 Å². The summed E-state index contributed by atoms with van der Waals surface area (Å²) < 4.78 is 0. The van der Waals surface area contributed by atoms with E-state index in [-0.39, 0.29) is 5.91 Å². The molecule has 1 N–H and O–H groups in total. The van der Waals surface area contributed by atoms with Crippen LogP contribution in [0.5, 0.6) is 0 Å². The third-order valence-corrected chi connectivity index (χ3v) is 4.84. The number of carbonyl (C=O) groups is 1. The standard InChI is InChI=1S/C24H23N3O/c28-24(25-20-13-5-2-6-14-20)21-15-7-8-16-22(21)26-23(27-17-9-10-18-27)19-11-3-1-4-12-19/h1-8,11-16H,9-10,17-18H2,(H,25,28). The number of likely N-dealkylation sites (tertiary alicyclic amines) is 1. The lowest BCUT2D eigenvalue weighted by atomic mass is 10.1. The average molecular weight is 369 g/mol. The zero-order valence-electron chi connectivity index (χ0n) is 15.7. The molecule has 140 valence electrons. The lowest BCUT2D eigenvalue weighted by Gasteiger charge is -2.21. The number of para-hydroxylation sites is 2. The molecular formula is C24H23N3O. The van der Waals surface area contributed by atoms with Crippen molar-refractivity contribution in [2.75, 3.05) is 18.4 Å². The molecule has 1 saturated heterocycles. The van der Waals surface area contributed by atoms with Crippen LogP contribution in [-0.4, -0.2) is 29.7 Å². The molecule has 0 saturated carbocycles. The molecule has 1 aliphatic heterocycles. The molecule has 3 aromatic rings. The van der Waals surface area contributed by atoms with Crippen molar-refractivity contribution >= 4 is 23.1 Å². The van der Waals surface area contributed by atoms with E-state index in [1.807, 2.05) is 72.8 Å². The minimum atomic E-state index is -0.153. The fourth-order valence-corrected chi connectivity index (χ4v) is 3.43. The number of hydrogen-bond acceptors (Lipinski definition) is 2. The second kappa shape index (κ2) is 8.53. The van der Waals surface area contributed by atoms with Crippen LogP contribution >= 0.6 is 0 Å². The highest BCUT2D eigenvalue weighted by atomic mass is 16.1.